The van der Waals surface area contributed by atoms with Crippen molar-refractivity contribution in [3.63, 3.8) is 0 Å². The summed E-state index contributed by atoms with van der Waals surface area (Å²) in [5.74, 6) is 2.50. The molecule has 0 bridgehead atoms. The zero-order valence-corrected chi connectivity index (χ0v) is 8.17. The van der Waals surface area contributed by atoms with Gasteiger partial charge in [-0.05, 0) is 32.5 Å². The van der Waals surface area contributed by atoms with Crippen molar-refractivity contribution in [3.8, 4) is 12.3 Å². The van der Waals surface area contributed by atoms with E-state index in [-0.39, 0.29) is 0 Å². The number of likely N-dealkylation sites (N-methyl/N-ethyl adjacent to an activating group) is 1. The van der Waals surface area contributed by atoms with E-state index in [1.54, 1.807) is 12.2 Å². The van der Waals surface area contributed by atoms with Crippen molar-refractivity contribution in [1.29, 1.82) is 0 Å². The van der Waals surface area contributed by atoms with Crippen LogP contribution in [-0.2, 0) is 0 Å². The van der Waals surface area contributed by atoms with Crippen LogP contribution in [0.2, 0.25) is 0 Å². The third-order valence-corrected chi connectivity index (χ3v) is 1.84. The third-order valence-electron chi connectivity index (χ3n) is 1.84. The molecule has 0 N–H and O–H groups in total. The van der Waals surface area contributed by atoms with Crippen LogP contribution in [0.5, 0.6) is 0 Å². The maximum absolute atomic E-state index is 5.16. The van der Waals surface area contributed by atoms with Gasteiger partial charge < -0.3 is 0 Å². The summed E-state index contributed by atoms with van der Waals surface area (Å²) in [4.78, 5) is 2.21. The van der Waals surface area contributed by atoms with E-state index < -0.39 is 0 Å². The lowest BCUT2D eigenvalue weighted by Crippen LogP contribution is -2.27. The fraction of sp³-hybridized carbons (Fsp3) is 0.455. The van der Waals surface area contributed by atoms with E-state index in [4.69, 9.17) is 6.42 Å². The molecular weight excluding hydrogens is 146 g/mol. The summed E-state index contributed by atoms with van der Waals surface area (Å²) in [6, 6.07) is 0.533. The lowest BCUT2D eigenvalue weighted by Gasteiger charge is -2.20. The minimum absolute atomic E-state index is 0.533. The first-order chi connectivity index (χ1) is 5.61. The maximum Gasteiger partial charge on any atom is 0.0239 e. The molecule has 0 amide bonds. The molecule has 0 aliphatic rings. The van der Waals surface area contributed by atoms with Gasteiger partial charge in [0.15, 0.2) is 0 Å². The topological polar surface area (TPSA) is 3.24 Å². The van der Waals surface area contributed by atoms with Gasteiger partial charge in [-0.15, -0.1) is 6.42 Å². The standard InChI is InChI=1S/C11H17N/c1-6-8-11(7-2)9-12(5)10(3)4/h1,7-8,10H,2,9H2,3-5H3/b11-8+. The molecule has 0 rings (SSSR count). The Hall–Kier alpha value is -1.00. The zero-order chi connectivity index (χ0) is 9.56. The number of allylic oxidation sites excluding steroid dienone is 1. The molecule has 1 heteroatoms. The Morgan fingerprint density at radius 3 is 2.58 bits per heavy atom. The normalized spacial score (nSPS) is 11.8. The SMILES string of the molecule is C#C/C=C(\C=C)CN(C)C(C)C. The molecule has 0 radical (unpaired) electrons. The largest absolute Gasteiger partial charge is 0.300 e. The van der Waals surface area contributed by atoms with E-state index in [9.17, 15) is 0 Å². The Balaban J connectivity index is 4.14. The molecule has 0 aliphatic carbocycles. The Morgan fingerprint density at radius 1 is 1.67 bits per heavy atom. The first-order valence-corrected chi connectivity index (χ1v) is 4.09. The molecule has 0 aromatic rings. The highest BCUT2D eigenvalue weighted by Gasteiger charge is 2.03. The van der Waals surface area contributed by atoms with Crippen molar-refractivity contribution in [2.75, 3.05) is 13.6 Å². The van der Waals surface area contributed by atoms with Crippen LogP contribution in [0.25, 0.3) is 0 Å². The zero-order valence-electron chi connectivity index (χ0n) is 8.17. The molecule has 0 heterocycles. The Labute approximate surface area is 75.8 Å². The molecule has 0 aliphatic heterocycles. The highest BCUT2D eigenvalue weighted by Crippen LogP contribution is 2.01. The minimum Gasteiger partial charge on any atom is -0.300 e. The quantitative estimate of drug-likeness (QED) is 0.453. The van der Waals surface area contributed by atoms with Gasteiger partial charge in [0.2, 0.25) is 0 Å². The predicted octanol–water partition coefficient (Wildman–Crippen LogP) is 2.07. The number of rotatable bonds is 4. The van der Waals surface area contributed by atoms with E-state index in [0.717, 1.165) is 12.1 Å². The van der Waals surface area contributed by atoms with E-state index >= 15 is 0 Å². The molecule has 0 saturated carbocycles. The highest BCUT2D eigenvalue weighted by molar-refractivity contribution is 5.26. The summed E-state index contributed by atoms with van der Waals surface area (Å²) in [5, 5.41) is 0. The van der Waals surface area contributed by atoms with Crippen molar-refractivity contribution in [3.05, 3.63) is 24.3 Å². The van der Waals surface area contributed by atoms with Crippen LogP contribution in [0.4, 0.5) is 0 Å². The van der Waals surface area contributed by atoms with Gasteiger partial charge in [0.1, 0.15) is 0 Å². The van der Waals surface area contributed by atoms with Gasteiger partial charge in [-0.25, -0.2) is 0 Å². The third kappa shape index (κ3) is 4.00. The average Bonchev–Trinajstić information content (AvgIpc) is 2.03. The van der Waals surface area contributed by atoms with Crippen LogP contribution in [0, 0.1) is 12.3 Å². The van der Waals surface area contributed by atoms with E-state index in [0.29, 0.717) is 6.04 Å². The monoisotopic (exact) mass is 163 g/mol. The van der Waals surface area contributed by atoms with Crippen LogP contribution in [0.1, 0.15) is 13.8 Å². The summed E-state index contributed by atoms with van der Waals surface area (Å²) in [7, 11) is 2.07. The summed E-state index contributed by atoms with van der Waals surface area (Å²) in [6.45, 7) is 8.87. The second-order valence-corrected chi connectivity index (χ2v) is 3.10. The average molecular weight is 163 g/mol. The summed E-state index contributed by atoms with van der Waals surface area (Å²) in [5.41, 5.74) is 1.09. The molecule has 12 heavy (non-hydrogen) atoms. The van der Waals surface area contributed by atoms with Gasteiger partial charge in [0.05, 0.1) is 0 Å². The summed E-state index contributed by atoms with van der Waals surface area (Å²) >= 11 is 0. The second-order valence-electron chi connectivity index (χ2n) is 3.10. The van der Waals surface area contributed by atoms with Crippen LogP contribution in [-0.4, -0.2) is 24.5 Å². The van der Waals surface area contributed by atoms with Crippen molar-refractivity contribution in [2.45, 2.75) is 19.9 Å². The second kappa shape index (κ2) is 5.62. The van der Waals surface area contributed by atoms with E-state index in [1.807, 2.05) is 0 Å². The molecule has 0 saturated heterocycles. The van der Waals surface area contributed by atoms with Crippen molar-refractivity contribution in [2.24, 2.45) is 0 Å². The number of hydrogen-bond donors (Lipinski definition) is 0. The van der Waals surface area contributed by atoms with Crippen LogP contribution in [0.3, 0.4) is 0 Å². The van der Waals surface area contributed by atoms with Gasteiger partial charge in [-0.2, -0.15) is 0 Å². The smallest absolute Gasteiger partial charge is 0.0239 e. The van der Waals surface area contributed by atoms with Crippen LogP contribution in [0.15, 0.2) is 24.3 Å². The molecule has 66 valence electrons. The number of terminal acetylenes is 1. The number of nitrogens with zero attached hydrogens (tertiary/aromatic N) is 1. The minimum atomic E-state index is 0.533. The van der Waals surface area contributed by atoms with Gasteiger partial charge in [0, 0.05) is 12.6 Å². The van der Waals surface area contributed by atoms with E-state index in [1.165, 1.54) is 0 Å². The van der Waals surface area contributed by atoms with Crippen molar-refractivity contribution < 1.29 is 0 Å². The van der Waals surface area contributed by atoms with Gasteiger partial charge in [-0.3, -0.25) is 4.90 Å². The van der Waals surface area contributed by atoms with Gasteiger partial charge >= 0.3 is 0 Å². The Bertz CT molecular complexity index is 206. The van der Waals surface area contributed by atoms with Crippen LogP contribution < -0.4 is 0 Å². The fourth-order valence-electron chi connectivity index (χ4n) is 0.747. The van der Waals surface area contributed by atoms with Crippen LogP contribution >= 0.6 is 0 Å². The van der Waals surface area contributed by atoms with Gasteiger partial charge in [-0.1, -0.05) is 18.6 Å². The Kier molecular flexibility index (Phi) is 5.16. The number of hydrogen-bond acceptors (Lipinski definition) is 1. The van der Waals surface area contributed by atoms with E-state index in [2.05, 4.69) is 38.3 Å². The summed E-state index contributed by atoms with van der Waals surface area (Å²) < 4.78 is 0. The molecule has 0 unspecified atom stereocenters. The Morgan fingerprint density at radius 2 is 2.25 bits per heavy atom. The van der Waals surface area contributed by atoms with Crippen molar-refractivity contribution >= 4 is 0 Å². The maximum atomic E-state index is 5.16. The lowest BCUT2D eigenvalue weighted by molar-refractivity contribution is 0.299. The molecule has 1 nitrogen and oxygen atoms in total. The summed E-state index contributed by atoms with van der Waals surface area (Å²) in [6.07, 6.45) is 8.72. The molecule has 0 spiro atoms. The molecular formula is C11H17N. The van der Waals surface area contributed by atoms with Gasteiger partial charge in [0.25, 0.3) is 0 Å². The van der Waals surface area contributed by atoms with Crippen molar-refractivity contribution in [1.82, 2.24) is 4.90 Å². The molecule has 0 fully saturated rings. The highest BCUT2D eigenvalue weighted by atomic mass is 15.1. The fourth-order valence-corrected chi connectivity index (χ4v) is 0.747. The molecule has 0 aromatic carbocycles. The molecule has 0 aromatic heterocycles. The lowest BCUT2D eigenvalue weighted by atomic mass is 10.2. The first kappa shape index (κ1) is 11.0. The first-order valence-electron chi connectivity index (χ1n) is 4.09. The predicted molar refractivity (Wildman–Crippen MR) is 54.9 cm³/mol. The molecule has 0 atom stereocenters.